The normalized spacial score (nSPS) is 32.2. The third kappa shape index (κ3) is 3.16. The summed E-state index contributed by atoms with van der Waals surface area (Å²) in [5.41, 5.74) is 0.741. The van der Waals surface area contributed by atoms with Crippen molar-refractivity contribution in [3.63, 3.8) is 0 Å². The van der Waals surface area contributed by atoms with E-state index in [1.165, 1.54) is 4.57 Å². The highest BCUT2D eigenvalue weighted by Gasteiger charge is 2.63. The molecule has 0 unspecified atom stereocenters. The summed E-state index contributed by atoms with van der Waals surface area (Å²) < 4.78 is 7.84. The van der Waals surface area contributed by atoms with Crippen molar-refractivity contribution in [2.75, 3.05) is 19.6 Å². The molecule has 4 fully saturated rings. The Balaban J connectivity index is 1.26. The number of carbonyl (C=O) groups is 2. The van der Waals surface area contributed by atoms with Crippen LogP contribution in [-0.2, 0) is 20.9 Å². The molecule has 1 aromatic rings. The van der Waals surface area contributed by atoms with Crippen LogP contribution in [0, 0.1) is 31.6 Å². The molecule has 5 rings (SSSR count). The molecule has 4 atom stereocenters. The second kappa shape index (κ2) is 7.18. The van der Waals surface area contributed by atoms with Crippen molar-refractivity contribution in [3.05, 3.63) is 27.9 Å². The first-order chi connectivity index (χ1) is 14.4. The van der Waals surface area contributed by atoms with Gasteiger partial charge >= 0.3 is 5.69 Å². The highest BCUT2D eigenvalue weighted by atomic mass is 16.5. The zero-order chi connectivity index (χ0) is 21.0. The van der Waals surface area contributed by atoms with Crippen molar-refractivity contribution < 1.29 is 14.3 Å². The summed E-state index contributed by atoms with van der Waals surface area (Å²) in [4.78, 5) is 43.4. The van der Waals surface area contributed by atoms with E-state index in [9.17, 15) is 14.4 Å². The molecule has 4 heterocycles. The lowest BCUT2D eigenvalue weighted by Crippen LogP contribution is -2.44. The zero-order valence-electron chi connectivity index (χ0n) is 17.7. The first kappa shape index (κ1) is 19.7. The summed E-state index contributed by atoms with van der Waals surface area (Å²) in [6, 6.07) is 1.82. The number of hydrogen-bond donors (Lipinski definition) is 1. The molecule has 1 aromatic heterocycles. The number of aromatic nitrogens is 2. The number of rotatable bonds is 5. The van der Waals surface area contributed by atoms with E-state index < -0.39 is 0 Å². The van der Waals surface area contributed by atoms with Crippen molar-refractivity contribution >= 4 is 11.8 Å². The van der Waals surface area contributed by atoms with Gasteiger partial charge < -0.3 is 15.0 Å². The number of fused-ring (bicyclic) bond motifs is 1. The molecule has 2 bridgehead atoms. The van der Waals surface area contributed by atoms with Crippen LogP contribution in [0.5, 0.6) is 0 Å². The summed E-state index contributed by atoms with van der Waals surface area (Å²) >= 11 is 0. The fraction of sp³-hybridized carbons (Fsp3) is 0.727. The molecule has 0 radical (unpaired) electrons. The maximum absolute atomic E-state index is 13.0. The van der Waals surface area contributed by atoms with Gasteiger partial charge in [0.15, 0.2) is 0 Å². The number of carbonyl (C=O) groups excluding carboxylic acids is 2. The van der Waals surface area contributed by atoms with Crippen LogP contribution >= 0.6 is 0 Å². The predicted octanol–water partition coefficient (Wildman–Crippen LogP) is 0.782. The molecule has 3 saturated heterocycles. The number of nitrogens with one attached hydrogen (secondary N) is 1. The Kier molecular flexibility index (Phi) is 4.72. The average molecular weight is 415 g/mol. The largest absolute Gasteiger partial charge is 0.369 e. The van der Waals surface area contributed by atoms with Crippen LogP contribution in [0.15, 0.2) is 10.9 Å². The summed E-state index contributed by atoms with van der Waals surface area (Å²) in [5, 5.41) is 3.15. The van der Waals surface area contributed by atoms with Crippen molar-refractivity contribution in [1.82, 2.24) is 19.8 Å². The van der Waals surface area contributed by atoms with Crippen LogP contribution in [0.3, 0.4) is 0 Å². The third-order valence-corrected chi connectivity index (χ3v) is 7.76. The Morgan fingerprint density at radius 3 is 2.80 bits per heavy atom. The molecule has 1 saturated carbocycles. The van der Waals surface area contributed by atoms with E-state index in [0.29, 0.717) is 25.3 Å². The van der Waals surface area contributed by atoms with E-state index in [1.54, 1.807) is 6.92 Å². The van der Waals surface area contributed by atoms with Gasteiger partial charge in [-0.25, -0.2) is 4.79 Å². The quantitative estimate of drug-likeness (QED) is 0.769. The van der Waals surface area contributed by atoms with Gasteiger partial charge in [-0.2, -0.15) is 4.98 Å². The van der Waals surface area contributed by atoms with E-state index in [1.807, 2.05) is 17.9 Å². The monoisotopic (exact) mass is 414 g/mol. The summed E-state index contributed by atoms with van der Waals surface area (Å²) in [6.07, 6.45) is 5.28. The van der Waals surface area contributed by atoms with Gasteiger partial charge in [-0.3, -0.25) is 14.2 Å². The topological polar surface area (TPSA) is 93.5 Å². The SMILES string of the molecule is Cc1cc(C)n(CC(=O)N2C[C@@H]3[C@H](CNC(=O)C4CCC4)[C@H]4CC[C@]3(C2)O4)c(=O)n1. The summed E-state index contributed by atoms with van der Waals surface area (Å²) in [5.74, 6) is 0.788. The maximum atomic E-state index is 13.0. The van der Waals surface area contributed by atoms with Gasteiger partial charge in [0, 0.05) is 42.2 Å². The van der Waals surface area contributed by atoms with Gasteiger partial charge in [-0.15, -0.1) is 0 Å². The number of aryl methyl sites for hydroxylation is 2. The number of nitrogens with zero attached hydrogens (tertiary/aromatic N) is 3. The third-order valence-electron chi connectivity index (χ3n) is 7.76. The highest BCUT2D eigenvalue weighted by Crippen LogP contribution is 2.54. The van der Waals surface area contributed by atoms with E-state index in [0.717, 1.165) is 37.8 Å². The van der Waals surface area contributed by atoms with E-state index >= 15 is 0 Å². The van der Waals surface area contributed by atoms with Crippen molar-refractivity contribution in [2.45, 2.75) is 64.2 Å². The van der Waals surface area contributed by atoms with E-state index in [-0.39, 0.29) is 53.5 Å². The first-order valence-electron chi connectivity index (χ1n) is 11.1. The molecule has 3 aliphatic heterocycles. The molecular weight excluding hydrogens is 384 g/mol. The van der Waals surface area contributed by atoms with Crippen LogP contribution in [0.25, 0.3) is 0 Å². The molecule has 1 aliphatic carbocycles. The lowest BCUT2D eigenvalue weighted by molar-refractivity contribution is -0.132. The Morgan fingerprint density at radius 1 is 1.30 bits per heavy atom. The lowest BCUT2D eigenvalue weighted by atomic mass is 9.73. The molecule has 8 nitrogen and oxygen atoms in total. The number of likely N-dealkylation sites (tertiary alicyclic amines) is 1. The minimum absolute atomic E-state index is 0.00720. The average Bonchev–Trinajstić information content (AvgIpc) is 3.29. The van der Waals surface area contributed by atoms with E-state index in [2.05, 4.69) is 10.3 Å². The number of hydrogen-bond acceptors (Lipinski definition) is 5. The molecule has 1 spiro atoms. The van der Waals surface area contributed by atoms with Crippen LogP contribution in [0.2, 0.25) is 0 Å². The minimum atomic E-state index is -0.382. The van der Waals surface area contributed by atoms with Gasteiger partial charge in [0.2, 0.25) is 11.8 Å². The van der Waals surface area contributed by atoms with Crippen LogP contribution in [0.1, 0.15) is 43.5 Å². The minimum Gasteiger partial charge on any atom is -0.369 e. The molecule has 8 heteroatoms. The van der Waals surface area contributed by atoms with Crippen LogP contribution in [0.4, 0.5) is 0 Å². The van der Waals surface area contributed by atoms with Gasteiger partial charge in [-0.1, -0.05) is 6.42 Å². The van der Waals surface area contributed by atoms with Crippen LogP contribution < -0.4 is 11.0 Å². The fourth-order valence-electron chi connectivity index (χ4n) is 5.89. The number of ether oxygens (including phenoxy) is 1. The Labute approximate surface area is 176 Å². The summed E-state index contributed by atoms with van der Waals surface area (Å²) in [7, 11) is 0. The van der Waals surface area contributed by atoms with Gasteiger partial charge in [0.1, 0.15) is 6.54 Å². The van der Waals surface area contributed by atoms with Crippen molar-refractivity contribution in [2.24, 2.45) is 17.8 Å². The van der Waals surface area contributed by atoms with Gasteiger partial charge in [0.05, 0.1) is 18.2 Å². The van der Waals surface area contributed by atoms with Gasteiger partial charge in [-0.05, 0) is 45.6 Å². The second-order valence-electron chi connectivity index (χ2n) is 9.58. The number of amides is 2. The fourth-order valence-corrected chi connectivity index (χ4v) is 5.89. The first-order valence-corrected chi connectivity index (χ1v) is 11.1. The standard InChI is InChI=1S/C22H30N4O4/c1-13-8-14(2)26(21(29)24-13)11-19(27)25-10-17-16(9-23-20(28)15-4-3-5-15)18-6-7-22(17,12-25)30-18/h8,15-18H,3-7,9-12H2,1-2H3,(H,23,28)/t16-,17+,18+,22+/m0/s1. The van der Waals surface area contributed by atoms with Crippen molar-refractivity contribution in [3.8, 4) is 0 Å². The maximum Gasteiger partial charge on any atom is 0.348 e. The zero-order valence-corrected chi connectivity index (χ0v) is 17.7. The molecule has 4 aliphatic rings. The Bertz CT molecular complexity index is 940. The van der Waals surface area contributed by atoms with Crippen LogP contribution in [-0.4, -0.2) is 57.6 Å². The molecule has 162 valence electrons. The second-order valence-corrected chi connectivity index (χ2v) is 9.58. The molecular formula is C22H30N4O4. The molecule has 0 aromatic carbocycles. The van der Waals surface area contributed by atoms with Crippen molar-refractivity contribution in [1.29, 1.82) is 0 Å². The smallest absolute Gasteiger partial charge is 0.348 e. The van der Waals surface area contributed by atoms with E-state index in [4.69, 9.17) is 4.74 Å². The highest BCUT2D eigenvalue weighted by molar-refractivity contribution is 5.79. The lowest BCUT2D eigenvalue weighted by Gasteiger charge is -2.30. The molecule has 30 heavy (non-hydrogen) atoms. The predicted molar refractivity (Wildman–Crippen MR) is 109 cm³/mol. The molecule has 1 N–H and O–H groups in total. The Hall–Kier alpha value is -2.22. The van der Waals surface area contributed by atoms with Gasteiger partial charge in [0.25, 0.3) is 0 Å². The Morgan fingerprint density at radius 2 is 2.10 bits per heavy atom. The summed E-state index contributed by atoms with van der Waals surface area (Å²) in [6.45, 7) is 5.45. The molecule has 2 amide bonds.